The first-order valence-electron chi connectivity index (χ1n) is 4.00. The molecule has 1 heteroatoms. The van der Waals surface area contributed by atoms with Gasteiger partial charge in [-0.15, -0.1) is 0 Å². The Kier molecular flexibility index (Phi) is 1.66. The molecular weight excluding hydrogens is 134 g/mol. The molecule has 11 heavy (non-hydrogen) atoms. The van der Waals surface area contributed by atoms with Crippen LogP contribution in [-0.4, -0.2) is 7.05 Å². The van der Waals surface area contributed by atoms with E-state index in [2.05, 4.69) is 36.0 Å². The standard InChI is InChI=1S/C10H12N/c1-11-10-7-6-8-4-2-3-5-9(8)10/h2-5,7,10-11H,6H2,1H3. The zero-order chi connectivity index (χ0) is 7.68. The van der Waals surface area contributed by atoms with Gasteiger partial charge in [-0.2, -0.15) is 0 Å². The van der Waals surface area contributed by atoms with E-state index in [0.29, 0.717) is 6.04 Å². The van der Waals surface area contributed by atoms with E-state index >= 15 is 0 Å². The quantitative estimate of drug-likeness (QED) is 0.636. The molecule has 0 aliphatic heterocycles. The number of fused-ring (bicyclic) bond motifs is 1. The molecule has 0 heterocycles. The minimum atomic E-state index is 0.478. The van der Waals surface area contributed by atoms with Crippen LogP contribution in [0.2, 0.25) is 0 Å². The lowest BCUT2D eigenvalue weighted by atomic mass is 10.1. The van der Waals surface area contributed by atoms with Crippen LogP contribution >= 0.6 is 0 Å². The van der Waals surface area contributed by atoms with Gasteiger partial charge in [0, 0.05) is 6.04 Å². The van der Waals surface area contributed by atoms with E-state index in [1.54, 1.807) is 0 Å². The highest BCUT2D eigenvalue weighted by molar-refractivity contribution is 5.38. The normalized spacial score (nSPS) is 21.7. The first kappa shape index (κ1) is 6.86. The fourth-order valence-corrected chi connectivity index (χ4v) is 1.67. The minimum Gasteiger partial charge on any atom is -0.313 e. The summed E-state index contributed by atoms with van der Waals surface area (Å²) in [5.74, 6) is 0. The van der Waals surface area contributed by atoms with Crippen LogP contribution in [0.3, 0.4) is 0 Å². The van der Waals surface area contributed by atoms with Crippen molar-refractivity contribution in [2.45, 2.75) is 12.5 Å². The summed E-state index contributed by atoms with van der Waals surface area (Å²) in [6, 6.07) is 9.07. The SMILES string of the molecule is CNC1[CH]Cc2ccccc21. The Balaban J connectivity index is 2.39. The van der Waals surface area contributed by atoms with E-state index in [-0.39, 0.29) is 0 Å². The van der Waals surface area contributed by atoms with Crippen molar-refractivity contribution >= 4 is 0 Å². The van der Waals surface area contributed by atoms with Crippen molar-refractivity contribution < 1.29 is 0 Å². The maximum absolute atomic E-state index is 3.26. The summed E-state index contributed by atoms with van der Waals surface area (Å²) in [7, 11) is 2.00. The van der Waals surface area contributed by atoms with Gasteiger partial charge in [0.25, 0.3) is 0 Å². The molecule has 1 atom stereocenters. The third-order valence-electron chi connectivity index (χ3n) is 2.27. The summed E-state index contributed by atoms with van der Waals surface area (Å²) < 4.78 is 0. The highest BCUT2D eigenvalue weighted by Crippen LogP contribution is 2.28. The largest absolute Gasteiger partial charge is 0.313 e. The Morgan fingerprint density at radius 3 is 3.00 bits per heavy atom. The summed E-state index contributed by atoms with van der Waals surface area (Å²) in [5.41, 5.74) is 2.90. The van der Waals surface area contributed by atoms with Gasteiger partial charge < -0.3 is 5.32 Å². The molecule has 0 fully saturated rings. The van der Waals surface area contributed by atoms with Gasteiger partial charge >= 0.3 is 0 Å². The highest BCUT2D eigenvalue weighted by atomic mass is 14.9. The Labute approximate surface area is 67.4 Å². The van der Waals surface area contributed by atoms with Crippen LogP contribution in [0.1, 0.15) is 17.2 Å². The van der Waals surface area contributed by atoms with E-state index in [1.807, 2.05) is 7.05 Å². The third-order valence-corrected chi connectivity index (χ3v) is 2.27. The summed E-state index contributed by atoms with van der Waals surface area (Å²) >= 11 is 0. The molecule has 1 unspecified atom stereocenters. The highest BCUT2D eigenvalue weighted by Gasteiger charge is 2.19. The van der Waals surface area contributed by atoms with Crippen molar-refractivity contribution in [3.05, 3.63) is 41.8 Å². The number of benzene rings is 1. The summed E-state index contributed by atoms with van der Waals surface area (Å²) in [6.45, 7) is 0. The Bertz CT molecular complexity index is 255. The fraction of sp³-hybridized carbons (Fsp3) is 0.300. The predicted octanol–water partition coefficient (Wildman–Crippen LogP) is 1.71. The maximum Gasteiger partial charge on any atom is 0.0355 e. The van der Waals surface area contributed by atoms with Crippen LogP contribution in [-0.2, 0) is 6.42 Å². The second-order valence-electron chi connectivity index (χ2n) is 2.90. The van der Waals surface area contributed by atoms with Gasteiger partial charge in [-0.3, -0.25) is 0 Å². The van der Waals surface area contributed by atoms with Crippen molar-refractivity contribution in [3.8, 4) is 0 Å². The Morgan fingerprint density at radius 2 is 2.18 bits per heavy atom. The average molecular weight is 146 g/mol. The average Bonchev–Trinajstić information content (AvgIpc) is 2.47. The molecule has 1 radical (unpaired) electrons. The van der Waals surface area contributed by atoms with E-state index in [9.17, 15) is 0 Å². The topological polar surface area (TPSA) is 12.0 Å². The molecule has 1 N–H and O–H groups in total. The zero-order valence-corrected chi connectivity index (χ0v) is 6.67. The first-order chi connectivity index (χ1) is 5.42. The third kappa shape index (κ3) is 1.05. The van der Waals surface area contributed by atoms with Crippen molar-refractivity contribution in [2.24, 2.45) is 0 Å². The second kappa shape index (κ2) is 2.67. The lowest BCUT2D eigenvalue weighted by Gasteiger charge is -2.08. The molecule has 0 bridgehead atoms. The molecular formula is C10H12N. The lowest BCUT2D eigenvalue weighted by molar-refractivity contribution is 0.689. The van der Waals surface area contributed by atoms with Gasteiger partial charge in [-0.25, -0.2) is 0 Å². The van der Waals surface area contributed by atoms with Crippen molar-refractivity contribution in [1.82, 2.24) is 5.32 Å². The van der Waals surface area contributed by atoms with Crippen LogP contribution in [0.15, 0.2) is 24.3 Å². The van der Waals surface area contributed by atoms with Crippen molar-refractivity contribution in [1.29, 1.82) is 0 Å². The van der Waals surface area contributed by atoms with Gasteiger partial charge in [-0.05, 0) is 31.0 Å². The molecule has 57 valence electrons. The van der Waals surface area contributed by atoms with Crippen molar-refractivity contribution in [2.75, 3.05) is 7.05 Å². The fourth-order valence-electron chi connectivity index (χ4n) is 1.67. The van der Waals surface area contributed by atoms with Crippen LogP contribution in [0.5, 0.6) is 0 Å². The first-order valence-corrected chi connectivity index (χ1v) is 4.00. The van der Waals surface area contributed by atoms with Crippen molar-refractivity contribution in [3.63, 3.8) is 0 Å². The molecule has 1 aromatic carbocycles. The van der Waals surface area contributed by atoms with Gasteiger partial charge in [0.15, 0.2) is 0 Å². The maximum atomic E-state index is 3.26. The van der Waals surface area contributed by atoms with Gasteiger partial charge in [-0.1, -0.05) is 24.3 Å². The molecule has 0 spiro atoms. The smallest absolute Gasteiger partial charge is 0.0355 e. The molecule has 1 aliphatic carbocycles. The van der Waals surface area contributed by atoms with Crippen LogP contribution in [0, 0.1) is 6.42 Å². The van der Waals surface area contributed by atoms with Crippen LogP contribution in [0.4, 0.5) is 0 Å². The number of hydrogen-bond donors (Lipinski definition) is 1. The van der Waals surface area contributed by atoms with Gasteiger partial charge in [0.2, 0.25) is 0 Å². The van der Waals surface area contributed by atoms with E-state index < -0.39 is 0 Å². The number of nitrogens with one attached hydrogen (secondary N) is 1. The summed E-state index contributed by atoms with van der Waals surface area (Å²) in [6.07, 6.45) is 3.42. The Morgan fingerprint density at radius 1 is 1.36 bits per heavy atom. The van der Waals surface area contributed by atoms with E-state index in [4.69, 9.17) is 0 Å². The second-order valence-corrected chi connectivity index (χ2v) is 2.90. The molecule has 0 aromatic heterocycles. The summed E-state index contributed by atoms with van der Waals surface area (Å²) in [4.78, 5) is 0. The van der Waals surface area contributed by atoms with Gasteiger partial charge in [0.1, 0.15) is 0 Å². The van der Waals surface area contributed by atoms with Crippen LogP contribution in [0.25, 0.3) is 0 Å². The number of hydrogen-bond acceptors (Lipinski definition) is 1. The number of rotatable bonds is 1. The predicted molar refractivity (Wildman–Crippen MR) is 46.2 cm³/mol. The Hall–Kier alpha value is -0.820. The summed E-state index contributed by atoms with van der Waals surface area (Å²) in [5, 5.41) is 3.26. The zero-order valence-electron chi connectivity index (χ0n) is 6.67. The molecule has 1 aliphatic rings. The molecule has 1 aromatic rings. The lowest BCUT2D eigenvalue weighted by Crippen LogP contribution is -2.12. The molecule has 1 nitrogen and oxygen atoms in total. The van der Waals surface area contributed by atoms with E-state index in [0.717, 1.165) is 6.42 Å². The monoisotopic (exact) mass is 146 g/mol. The molecule has 0 amide bonds. The van der Waals surface area contributed by atoms with Crippen LogP contribution < -0.4 is 5.32 Å². The molecule has 0 saturated carbocycles. The van der Waals surface area contributed by atoms with E-state index in [1.165, 1.54) is 11.1 Å². The molecule has 2 rings (SSSR count). The van der Waals surface area contributed by atoms with Gasteiger partial charge in [0.05, 0.1) is 0 Å². The molecule has 0 saturated heterocycles. The minimum absolute atomic E-state index is 0.478.